The predicted octanol–water partition coefficient (Wildman–Crippen LogP) is 3.71. The van der Waals surface area contributed by atoms with Gasteiger partial charge in [0.15, 0.2) is 0 Å². The van der Waals surface area contributed by atoms with E-state index in [1.165, 1.54) is 6.07 Å². The maximum atomic E-state index is 13.6. The van der Waals surface area contributed by atoms with Gasteiger partial charge in [-0.2, -0.15) is 0 Å². The van der Waals surface area contributed by atoms with Crippen LogP contribution in [0.2, 0.25) is 0 Å². The van der Waals surface area contributed by atoms with Crippen molar-refractivity contribution in [2.45, 2.75) is 24.8 Å². The molecule has 2 unspecified atom stereocenters. The van der Waals surface area contributed by atoms with Gasteiger partial charge in [0.05, 0.1) is 11.1 Å². The van der Waals surface area contributed by atoms with Crippen LogP contribution in [0.25, 0.3) is 0 Å². The average molecular weight is 307 g/mol. The Bertz CT molecular complexity index is 436. The summed E-state index contributed by atoms with van der Waals surface area (Å²) in [5, 5.41) is 3.74. The first kappa shape index (κ1) is 11.9. The molecule has 0 spiro atoms. The Kier molecular flexibility index (Phi) is 3.50. The Morgan fingerprint density at radius 1 is 1.62 bits per heavy atom. The highest BCUT2D eigenvalue weighted by Crippen LogP contribution is 2.24. The molecule has 5 heteroatoms. The van der Waals surface area contributed by atoms with Gasteiger partial charge in [-0.1, -0.05) is 21.1 Å². The zero-order chi connectivity index (χ0) is 11.7. The number of rotatable bonds is 2. The molecule has 1 aromatic carbocycles. The van der Waals surface area contributed by atoms with Crippen LogP contribution in [0.3, 0.4) is 0 Å². The lowest BCUT2D eigenvalue weighted by Gasteiger charge is -2.09. The average Bonchev–Trinajstić information content (AvgIpc) is 2.66. The van der Waals surface area contributed by atoms with Crippen molar-refractivity contribution in [3.8, 4) is 0 Å². The number of benzene rings is 1. The third-order valence-electron chi connectivity index (χ3n) is 2.45. The summed E-state index contributed by atoms with van der Waals surface area (Å²) in [6.07, 6.45) is 0.378. The zero-order valence-electron chi connectivity index (χ0n) is 8.58. The number of alkyl halides is 1. The van der Waals surface area contributed by atoms with Crippen LogP contribution in [0.1, 0.15) is 18.9 Å². The highest BCUT2D eigenvalue weighted by Gasteiger charge is 2.27. The van der Waals surface area contributed by atoms with Crippen molar-refractivity contribution >= 4 is 33.2 Å². The SMILES string of the molecule is CC(Cl)C1CC(c2ccc(Br)cc2F)=NO1. The van der Waals surface area contributed by atoms with E-state index in [2.05, 4.69) is 21.1 Å². The van der Waals surface area contributed by atoms with Crippen molar-refractivity contribution in [3.05, 3.63) is 34.1 Å². The third-order valence-corrected chi connectivity index (χ3v) is 3.22. The summed E-state index contributed by atoms with van der Waals surface area (Å²) in [4.78, 5) is 5.14. The van der Waals surface area contributed by atoms with E-state index in [9.17, 15) is 4.39 Å². The van der Waals surface area contributed by atoms with Crippen molar-refractivity contribution in [2.24, 2.45) is 5.16 Å². The van der Waals surface area contributed by atoms with E-state index >= 15 is 0 Å². The van der Waals surface area contributed by atoms with Gasteiger partial charge in [0, 0.05) is 16.5 Å². The number of hydrogen-bond acceptors (Lipinski definition) is 2. The molecule has 1 aliphatic heterocycles. The summed E-state index contributed by atoms with van der Waals surface area (Å²) >= 11 is 9.11. The zero-order valence-corrected chi connectivity index (χ0v) is 10.9. The fourth-order valence-corrected chi connectivity index (χ4v) is 1.99. The molecule has 1 heterocycles. The van der Waals surface area contributed by atoms with Gasteiger partial charge in [-0.3, -0.25) is 0 Å². The summed E-state index contributed by atoms with van der Waals surface area (Å²) in [7, 11) is 0. The molecule has 2 nitrogen and oxygen atoms in total. The molecule has 0 amide bonds. The van der Waals surface area contributed by atoms with Crippen LogP contribution in [0, 0.1) is 5.82 Å². The number of oxime groups is 1. The molecule has 0 fully saturated rings. The molecule has 0 aliphatic carbocycles. The summed E-state index contributed by atoms with van der Waals surface area (Å²) in [6, 6.07) is 4.87. The van der Waals surface area contributed by atoms with Gasteiger partial charge in [-0.15, -0.1) is 11.6 Å². The van der Waals surface area contributed by atoms with Gasteiger partial charge < -0.3 is 4.84 Å². The normalized spacial score (nSPS) is 21.5. The van der Waals surface area contributed by atoms with Crippen molar-refractivity contribution < 1.29 is 9.23 Å². The second kappa shape index (κ2) is 4.72. The van der Waals surface area contributed by atoms with Crippen LogP contribution >= 0.6 is 27.5 Å². The molecule has 0 saturated carbocycles. The maximum Gasteiger partial charge on any atom is 0.149 e. The molecule has 16 heavy (non-hydrogen) atoms. The van der Waals surface area contributed by atoms with Crippen LogP contribution in [0.4, 0.5) is 4.39 Å². The van der Waals surface area contributed by atoms with Gasteiger partial charge in [-0.25, -0.2) is 4.39 Å². The first-order valence-corrected chi connectivity index (χ1v) is 6.13. The van der Waals surface area contributed by atoms with Gasteiger partial charge in [0.2, 0.25) is 0 Å². The van der Waals surface area contributed by atoms with E-state index in [4.69, 9.17) is 16.4 Å². The lowest BCUT2D eigenvalue weighted by Crippen LogP contribution is -2.18. The Hall–Kier alpha value is -0.610. The quantitative estimate of drug-likeness (QED) is 0.763. The summed E-state index contributed by atoms with van der Waals surface area (Å²) in [5.41, 5.74) is 1.09. The predicted molar refractivity (Wildman–Crippen MR) is 65.4 cm³/mol. The second-order valence-electron chi connectivity index (χ2n) is 3.69. The largest absolute Gasteiger partial charge is 0.390 e. The van der Waals surface area contributed by atoms with E-state index < -0.39 is 0 Å². The molecule has 86 valence electrons. The fraction of sp³-hybridized carbons (Fsp3) is 0.364. The fourth-order valence-electron chi connectivity index (χ4n) is 1.53. The summed E-state index contributed by atoms with van der Waals surface area (Å²) < 4.78 is 14.3. The van der Waals surface area contributed by atoms with Crippen molar-refractivity contribution in [2.75, 3.05) is 0 Å². The van der Waals surface area contributed by atoms with Crippen LogP contribution in [0.5, 0.6) is 0 Å². The van der Waals surface area contributed by atoms with E-state index in [1.807, 2.05) is 6.92 Å². The van der Waals surface area contributed by atoms with Gasteiger partial charge in [0.25, 0.3) is 0 Å². The van der Waals surface area contributed by atoms with Crippen LogP contribution < -0.4 is 0 Å². The number of halogens is 3. The number of nitrogens with zero attached hydrogens (tertiary/aromatic N) is 1. The number of hydrogen-bond donors (Lipinski definition) is 0. The maximum absolute atomic E-state index is 13.6. The van der Waals surface area contributed by atoms with Crippen LogP contribution in [-0.2, 0) is 4.84 Å². The Balaban J connectivity index is 2.21. The monoisotopic (exact) mass is 305 g/mol. The standard InChI is InChI=1S/C11H10BrClFNO/c1-6(13)11-5-10(15-16-11)8-3-2-7(12)4-9(8)14/h2-4,6,11H,5H2,1H3. The van der Waals surface area contributed by atoms with Crippen molar-refractivity contribution in [1.82, 2.24) is 0 Å². The Labute approximate surface area is 107 Å². The highest BCUT2D eigenvalue weighted by molar-refractivity contribution is 9.10. The first-order chi connectivity index (χ1) is 7.58. The molecular formula is C11H10BrClFNO. The van der Waals surface area contributed by atoms with Crippen molar-refractivity contribution in [1.29, 1.82) is 0 Å². The van der Waals surface area contributed by atoms with E-state index in [0.29, 0.717) is 22.2 Å². The van der Waals surface area contributed by atoms with Gasteiger partial charge in [0.1, 0.15) is 11.9 Å². The van der Waals surface area contributed by atoms with E-state index in [1.54, 1.807) is 12.1 Å². The van der Waals surface area contributed by atoms with Gasteiger partial charge in [-0.05, 0) is 25.1 Å². The molecule has 0 saturated heterocycles. The molecule has 1 aliphatic rings. The third kappa shape index (κ3) is 2.38. The second-order valence-corrected chi connectivity index (χ2v) is 5.29. The first-order valence-electron chi connectivity index (χ1n) is 4.90. The lowest BCUT2D eigenvalue weighted by atomic mass is 10.0. The molecule has 0 bridgehead atoms. The smallest absolute Gasteiger partial charge is 0.149 e. The van der Waals surface area contributed by atoms with Crippen molar-refractivity contribution in [3.63, 3.8) is 0 Å². The van der Waals surface area contributed by atoms with E-state index in [-0.39, 0.29) is 17.3 Å². The van der Waals surface area contributed by atoms with E-state index in [0.717, 1.165) is 0 Å². The molecule has 0 N–H and O–H groups in total. The lowest BCUT2D eigenvalue weighted by molar-refractivity contribution is 0.0855. The van der Waals surface area contributed by atoms with Crippen LogP contribution in [0.15, 0.2) is 27.8 Å². The molecular weight excluding hydrogens is 296 g/mol. The minimum atomic E-state index is -0.306. The minimum absolute atomic E-state index is 0.139. The molecule has 0 aromatic heterocycles. The Morgan fingerprint density at radius 2 is 2.38 bits per heavy atom. The summed E-state index contributed by atoms with van der Waals surface area (Å²) in [6.45, 7) is 1.84. The highest BCUT2D eigenvalue weighted by atomic mass is 79.9. The van der Waals surface area contributed by atoms with Gasteiger partial charge >= 0.3 is 0 Å². The van der Waals surface area contributed by atoms with Crippen LogP contribution in [-0.4, -0.2) is 17.2 Å². The molecule has 2 rings (SSSR count). The molecule has 2 atom stereocenters. The minimum Gasteiger partial charge on any atom is -0.390 e. The summed E-state index contributed by atoms with van der Waals surface area (Å²) in [5.74, 6) is -0.306. The Morgan fingerprint density at radius 3 is 2.94 bits per heavy atom. The topological polar surface area (TPSA) is 21.6 Å². The molecule has 0 radical (unpaired) electrons. The molecule has 1 aromatic rings.